The van der Waals surface area contributed by atoms with Gasteiger partial charge in [-0.25, -0.2) is 16.8 Å². The van der Waals surface area contributed by atoms with Crippen LogP contribution in [0.2, 0.25) is 0 Å². The van der Waals surface area contributed by atoms with Gasteiger partial charge in [-0.1, -0.05) is 94.3 Å². The molecule has 0 heterocycles. The standard InChI is InChI=1S/C22H20Br2O4S2/c1-21-17(23)13-20(30(27,28)16-11-7-4-8-12-16)22(21,2)18(24)14-19(21)29(25,26)15-9-5-3-6-10-15/h3-14,17-18H,1-2H3/t17-,18-,21-,22-/m1/s1. The Balaban J connectivity index is 1.89. The number of sulfone groups is 2. The van der Waals surface area contributed by atoms with E-state index in [1.54, 1.807) is 72.8 Å². The third-order valence-electron chi connectivity index (χ3n) is 6.49. The molecule has 2 aliphatic rings. The largest absolute Gasteiger partial charge is 0.219 e. The second kappa shape index (κ2) is 7.15. The van der Waals surface area contributed by atoms with Gasteiger partial charge < -0.3 is 0 Å². The molecule has 0 amide bonds. The van der Waals surface area contributed by atoms with E-state index in [9.17, 15) is 16.8 Å². The zero-order chi connectivity index (χ0) is 21.9. The fraction of sp³-hybridized carbons (Fsp3) is 0.273. The van der Waals surface area contributed by atoms with Gasteiger partial charge in [-0.3, -0.25) is 0 Å². The molecule has 4 nitrogen and oxygen atoms in total. The number of benzene rings is 2. The smallest absolute Gasteiger partial charge is 0.203 e. The molecule has 0 aliphatic heterocycles. The van der Waals surface area contributed by atoms with Crippen LogP contribution in [-0.4, -0.2) is 26.5 Å². The molecule has 2 aromatic carbocycles. The molecule has 4 rings (SSSR count). The van der Waals surface area contributed by atoms with Gasteiger partial charge in [-0.2, -0.15) is 0 Å². The van der Waals surface area contributed by atoms with Gasteiger partial charge in [0.25, 0.3) is 0 Å². The van der Waals surface area contributed by atoms with Crippen LogP contribution in [0.5, 0.6) is 0 Å². The van der Waals surface area contributed by atoms with Gasteiger partial charge in [0, 0.05) is 20.5 Å². The van der Waals surface area contributed by atoms with Gasteiger partial charge >= 0.3 is 0 Å². The summed E-state index contributed by atoms with van der Waals surface area (Å²) in [5, 5.41) is 0. The fourth-order valence-electron chi connectivity index (χ4n) is 4.49. The van der Waals surface area contributed by atoms with E-state index in [1.807, 2.05) is 13.8 Å². The molecular formula is C22H20Br2O4S2. The lowest BCUT2D eigenvalue weighted by Gasteiger charge is -2.42. The minimum Gasteiger partial charge on any atom is -0.219 e. The molecule has 0 N–H and O–H groups in total. The number of fused-ring (bicyclic) bond motifs is 1. The average molecular weight is 572 g/mol. The predicted octanol–water partition coefficient (Wildman–Crippen LogP) is 5.27. The lowest BCUT2D eigenvalue weighted by atomic mass is 9.70. The van der Waals surface area contributed by atoms with E-state index in [-0.39, 0.29) is 19.6 Å². The van der Waals surface area contributed by atoms with Crippen molar-refractivity contribution >= 4 is 51.5 Å². The monoisotopic (exact) mass is 570 g/mol. The number of halogens is 2. The number of rotatable bonds is 4. The maximum Gasteiger partial charge on any atom is 0.203 e. The number of hydrogen-bond donors (Lipinski definition) is 0. The predicted molar refractivity (Wildman–Crippen MR) is 125 cm³/mol. The number of alkyl halides is 2. The van der Waals surface area contributed by atoms with Crippen LogP contribution < -0.4 is 0 Å². The van der Waals surface area contributed by atoms with Gasteiger partial charge in [0.1, 0.15) is 0 Å². The molecule has 8 heteroatoms. The zero-order valence-corrected chi connectivity index (χ0v) is 21.1. The van der Waals surface area contributed by atoms with Crippen molar-refractivity contribution < 1.29 is 16.8 Å². The molecule has 30 heavy (non-hydrogen) atoms. The molecular weight excluding hydrogens is 552 g/mol. The maximum atomic E-state index is 13.6. The van der Waals surface area contributed by atoms with Crippen LogP contribution in [0.25, 0.3) is 0 Å². The molecule has 2 aliphatic carbocycles. The van der Waals surface area contributed by atoms with Crippen LogP contribution in [0.3, 0.4) is 0 Å². The first-order chi connectivity index (χ1) is 14.0. The van der Waals surface area contributed by atoms with Crippen LogP contribution >= 0.6 is 31.9 Å². The van der Waals surface area contributed by atoms with Crippen molar-refractivity contribution in [3.05, 3.63) is 82.6 Å². The highest BCUT2D eigenvalue weighted by atomic mass is 79.9. The van der Waals surface area contributed by atoms with Crippen LogP contribution in [-0.2, 0) is 19.7 Å². The summed E-state index contributed by atoms with van der Waals surface area (Å²) < 4.78 is 54.2. The summed E-state index contributed by atoms with van der Waals surface area (Å²) in [5.74, 6) is 0. The lowest BCUT2D eigenvalue weighted by Crippen LogP contribution is -2.44. The van der Waals surface area contributed by atoms with Crippen molar-refractivity contribution in [3.8, 4) is 0 Å². The number of allylic oxidation sites excluding steroid dienone is 4. The van der Waals surface area contributed by atoms with E-state index in [0.717, 1.165) is 0 Å². The normalized spacial score (nSPS) is 31.2. The second-order valence-corrected chi connectivity index (χ2v) is 13.7. The highest BCUT2D eigenvalue weighted by Crippen LogP contribution is 2.69. The molecule has 2 aromatic rings. The molecule has 0 spiro atoms. The van der Waals surface area contributed by atoms with Gasteiger partial charge in [0.2, 0.25) is 19.7 Å². The number of hydrogen-bond acceptors (Lipinski definition) is 4. The molecule has 4 atom stereocenters. The molecule has 0 radical (unpaired) electrons. The van der Waals surface area contributed by atoms with Gasteiger partial charge in [-0.05, 0) is 24.3 Å². The molecule has 0 saturated heterocycles. The first kappa shape index (κ1) is 22.0. The van der Waals surface area contributed by atoms with Crippen molar-refractivity contribution in [1.82, 2.24) is 0 Å². The van der Waals surface area contributed by atoms with Crippen LogP contribution in [0.15, 0.2) is 92.4 Å². The van der Waals surface area contributed by atoms with Crippen LogP contribution in [0.1, 0.15) is 13.8 Å². The highest BCUT2D eigenvalue weighted by molar-refractivity contribution is 9.10. The highest BCUT2D eigenvalue weighted by Gasteiger charge is 2.67. The van der Waals surface area contributed by atoms with E-state index >= 15 is 0 Å². The quantitative estimate of drug-likeness (QED) is 0.469. The minimum absolute atomic E-state index is 0.195. The summed E-state index contributed by atoms with van der Waals surface area (Å²) in [6.45, 7) is 3.65. The Morgan fingerprint density at radius 3 is 1.23 bits per heavy atom. The van der Waals surface area contributed by atoms with Crippen molar-refractivity contribution in [1.29, 1.82) is 0 Å². The zero-order valence-electron chi connectivity index (χ0n) is 16.3. The Hall–Kier alpha value is -1.22. The van der Waals surface area contributed by atoms with E-state index in [0.29, 0.717) is 0 Å². The third kappa shape index (κ3) is 2.80. The van der Waals surface area contributed by atoms with Crippen molar-refractivity contribution in [3.63, 3.8) is 0 Å². The third-order valence-corrected chi connectivity index (χ3v) is 12.9. The minimum atomic E-state index is -3.82. The summed E-state index contributed by atoms with van der Waals surface area (Å²) in [5.41, 5.74) is -1.99. The summed E-state index contributed by atoms with van der Waals surface area (Å²) in [6.07, 6.45) is 3.31. The molecule has 0 unspecified atom stereocenters. The summed E-state index contributed by atoms with van der Waals surface area (Å²) >= 11 is 7.22. The lowest BCUT2D eigenvalue weighted by molar-refractivity contribution is 0.235. The van der Waals surface area contributed by atoms with Crippen molar-refractivity contribution in [2.45, 2.75) is 33.3 Å². The Bertz CT molecular complexity index is 1170. The Labute approximate surface area is 194 Å². The van der Waals surface area contributed by atoms with Gasteiger partial charge in [0.15, 0.2) is 0 Å². The van der Waals surface area contributed by atoms with Crippen molar-refractivity contribution in [2.24, 2.45) is 10.8 Å². The molecule has 0 aromatic heterocycles. The van der Waals surface area contributed by atoms with Gasteiger partial charge in [-0.15, -0.1) is 0 Å². The van der Waals surface area contributed by atoms with Gasteiger partial charge in [0.05, 0.1) is 19.6 Å². The van der Waals surface area contributed by atoms with E-state index < -0.39 is 40.2 Å². The Kier molecular flexibility index (Phi) is 5.24. The van der Waals surface area contributed by atoms with Crippen LogP contribution in [0.4, 0.5) is 0 Å². The first-order valence-corrected chi connectivity index (χ1v) is 14.1. The average Bonchev–Trinajstić information content (AvgIpc) is 3.08. The van der Waals surface area contributed by atoms with E-state index in [2.05, 4.69) is 31.9 Å². The molecule has 0 bridgehead atoms. The van der Waals surface area contributed by atoms with E-state index in [1.165, 1.54) is 0 Å². The Morgan fingerprint density at radius 1 is 0.633 bits per heavy atom. The molecule has 0 saturated carbocycles. The fourth-order valence-corrected chi connectivity index (χ4v) is 11.1. The topological polar surface area (TPSA) is 68.3 Å². The van der Waals surface area contributed by atoms with E-state index in [4.69, 9.17) is 0 Å². The summed E-state index contributed by atoms with van der Waals surface area (Å²) in [4.78, 5) is -0.114. The Morgan fingerprint density at radius 2 is 0.933 bits per heavy atom. The first-order valence-electron chi connectivity index (χ1n) is 9.31. The molecule has 0 fully saturated rings. The summed E-state index contributed by atoms with van der Waals surface area (Å²) in [6, 6.07) is 16.5. The second-order valence-electron chi connectivity index (χ2n) is 7.90. The van der Waals surface area contributed by atoms with Crippen LogP contribution in [0, 0.1) is 10.8 Å². The SMILES string of the molecule is C[C@@]12C(S(=O)(=O)c3ccccc3)=C[C@@H](Br)[C@]1(C)C(S(=O)(=O)c1ccccc1)=C[C@H]2Br. The molecule has 158 valence electrons. The summed E-state index contributed by atoms with van der Waals surface area (Å²) in [7, 11) is -7.63. The maximum absolute atomic E-state index is 13.6. The van der Waals surface area contributed by atoms with Crippen molar-refractivity contribution in [2.75, 3.05) is 0 Å².